The van der Waals surface area contributed by atoms with Crippen molar-refractivity contribution in [3.63, 3.8) is 0 Å². The van der Waals surface area contributed by atoms with Gasteiger partial charge in [-0.1, -0.05) is 13.8 Å². The fraction of sp³-hybridized carbons (Fsp3) is 0.429. The van der Waals surface area contributed by atoms with E-state index >= 15 is 0 Å². The van der Waals surface area contributed by atoms with E-state index in [1.54, 1.807) is 12.4 Å². The molecular weight excluding hydrogens is 210 g/mol. The molecule has 0 saturated carbocycles. The maximum absolute atomic E-state index is 4.68. The summed E-state index contributed by atoms with van der Waals surface area (Å²) in [4.78, 5) is 4.03. The third kappa shape index (κ3) is 1.97. The summed E-state index contributed by atoms with van der Waals surface area (Å²) in [6, 6.07) is 3.98. The van der Waals surface area contributed by atoms with E-state index in [0.717, 1.165) is 18.5 Å². The molecule has 3 nitrogen and oxygen atoms in total. The second kappa shape index (κ2) is 3.69. The summed E-state index contributed by atoms with van der Waals surface area (Å²) in [5.41, 5.74) is 4.17. The first kappa shape index (κ1) is 10.5. The molecule has 0 amide bonds. The van der Waals surface area contributed by atoms with Crippen molar-refractivity contribution in [3.05, 3.63) is 42.0 Å². The molecule has 0 fully saturated rings. The van der Waals surface area contributed by atoms with E-state index in [9.17, 15) is 0 Å². The van der Waals surface area contributed by atoms with E-state index in [4.69, 9.17) is 0 Å². The highest BCUT2D eigenvalue weighted by atomic mass is 15.3. The van der Waals surface area contributed by atoms with Crippen molar-refractivity contribution >= 4 is 0 Å². The molecule has 0 unspecified atom stereocenters. The van der Waals surface area contributed by atoms with Crippen molar-refractivity contribution in [2.75, 3.05) is 0 Å². The van der Waals surface area contributed by atoms with Crippen LogP contribution in [-0.2, 0) is 12.8 Å². The van der Waals surface area contributed by atoms with Crippen LogP contribution in [0, 0.1) is 5.41 Å². The Bertz CT molecular complexity index is 526. The normalized spacial score (nSPS) is 17.8. The molecule has 0 spiro atoms. The van der Waals surface area contributed by atoms with Gasteiger partial charge in [-0.25, -0.2) is 4.68 Å². The van der Waals surface area contributed by atoms with Gasteiger partial charge in [-0.2, -0.15) is 5.10 Å². The Hall–Kier alpha value is -1.64. The van der Waals surface area contributed by atoms with Gasteiger partial charge in [0, 0.05) is 18.6 Å². The topological polar surface area (TPSA) is 30.7 Å². The molecule has 0 N–H and O–H groups in total. The molecule has 0 bridgehead atoms. The standard InChI is InChI=1S/C14H17N3/c1-14(2)6-3-13-11(9-14)10-17(16-13)12-4-7-15-8-5-12/h4-5,7-8,10H,3,6,9H2,1-2H3. The Morgan fingerprint density at radius 1 is 1.24 bits per heavy atom. The van der Waals surface area contributed by atoms with Crippen molar-refractivity contribution in [1.82, 2.24) is 14.8 Å². The average molecular weight is 227 g/mol. The minimum absolute atomic E-state index is 0.416. The van der Waals surface area contributed by atoms with Gasteiger partial charge in [0.15, 0.2) is 0 Å². The molecule has 2 aromatic heterocycles. The fourth-order valence-electron chi connectivity index (χ4n) is 2.49. The van der Waals surface area contributed by atoms with Crippen molar-refractivity contribution in [2.45, 2.75) is 33.1 Å². The average Bonchev–Trinajstić information content (AvgIpc) is 2.71. The van der Waals surface area contributed by atoms with Crippen LogP contribution in [0.1, 0.15) is 31.5 Å². The fourth-order valence-corrected chi connectivity index (χ4v) is 2.49. The van der Waals surface area contributed by atoms with Gasteiger partial charge >= 0.3 is 0 Å². The molecule has 2 aromatic rings. The van der Waals surface area contributed by atoms with Crippen LogP contribution in [-0.4, -0.2) is 14.8 Å². The van der Waals surface area contributed by atoms with E-state index in [-0.39, 0.29) is 0 Å². The molecule has 0 aromatic carbocycles. The molecule has 88 valence electrons. The Morgan fingerprint density at radius 3 is 2.76 bits per heavy atom. The number of fused-ring (bicyclic) bond motifs is 1. The summed E-state index contributed by atoms with van der Waals surface area (Å²) >= 11 is 0. The molecule has 1 aliphatic carbocycles. The number of hydrogen-bond donors (Lipinski definition) is 0. The van der Waals surface area contributed by atoms with E-state index in [1.165, 1.54) is 17.7 Å². The van der Waals surface area contributed by atoms with Crippen LogP contribution in [0.25, 0.3) is 5.69 Å². The van der Waals surface area contributed by atoms with Gasteiger partial charge in [0.1, 0.15) is 0 Å². The zero-order chi connectivity index (χ0) is 11.9. The number of aryl methyl sites for hydroxylation is 1. The summed E-state index contributed by atoms with van der Waals surface area (Å²) in [7, 11) is 0. The van der Waals surface area contributed by atoms with Crippen LogP contribution in [0.15, 0.2) is 30.7 Å². The lowest BCUT2D eigenvalue weighted by molar-refractivity contribution is 0.314. The molecule has 3 rings (SSSR count). The predicted molar refractivity (Wildman–Crippen MR) is 67.2 cm³/mol. The Kier molecular flexibility index (Phi) is 2.28. The molecule has 17 heavy (non-hydrogen) atoms. The monoisotopic (exact) mass is 227 g/mol. The van der Waals surface area contributed by atoms with E-state index in [2.05, 4.69) is 30.1 Å². The molecule has 0 saturated heterocycles. The van der Waals surface area contributed by atoms with Gasteiger partial charge in [-0.05, 0) is 42.4 Å². The molecule has 0 radical (unpaired) electrons. The van der Waals surface area contributed by atoms with E-state index < -0.39 is 0 Å². The largest absolute Gasteiger partial charge is 0.265 e. The van der Waals surface area contributed by atoms with E-state index in [0.29, 0.717) is 5.41 Å². The smallest absolute Gasteiger partial charge is 0.0676 e. The third-order valence-corrected chi connectivity index (χ3v) is 3.51. The number of nitrogens with zero attached hydrogens (tertiary/aromatic N) is 3. The lowest BCUT2D eigenvalue weighted by Crippen LogP contribution is -2.21. The van der Waals surface area contributed by atoms with E-state index in [1.807, 2.05) is 16.8 Å². The number of pyridine rings is 1. The molecule has 3 heteroatoms. The minimum Gasteiger partial charge on any atom is -0.265 e. The van der Waals surface area contributed by atoms with Gasteiger partial charge in [-0.3, -0.25) is 4.98 Å². The lowest BCUT2D eigenvalue weighted by atomic mass is 9.77. The summed E-state index contributed by atoms with van der Waals surface area (Å²) in [6.07, 6.45) is 9.24. The second-order valence-corrected chi connectivity index (χ2v) is 5.59. The highest BCUT2D eigenvalue weighted by Gasteiger charge is 2.27. The lowest BCUT2D eigenvalue weighted by Gasteiger charge is -2.28. The molecule has 0 aliphatic heterocycles. The van der Waals surface area contributed by atoms with Crippen LogP contribution >= 0.6 is 0 Å². The quantitative estimate of drug-likeness (QED) is 0.750. The first-order valence-electron chi connectivity index (χ1n) is 6.12. The highest BCUT2D eigenvalue weighted by molar-refractivity contribution is 5.32. The van der Waals surface area contributed by atoms with Gasteiger partial charge in [0.25, 0.3) is 0 Å². The maximum atomic E-state index is 4.68. The first-order chi connectivity index (χ1) is 8.14. The van der Waals surface area contributed by atoms with Crippen LogP contribution in [0.2, 0.25) is 0 Å². The van der Waals surface area contributed by atoms with Gasteiger partial charge in [0.2, 0.25) is 0 Å². The number of hydrogen-bond acceptors (Lipinski definition) is 2. The Labute approximate surface area is 101 Å². The van der Waals surface area contributed by atoms with Crippen LogP contribution < -0.4 is 0 Å². The number of rotatable bonds is 1. The zero-order valence-corrected chi connectivity index (χ0v) is 10.3. The van der Waals surface area contributed by atoms with Crippen LogP contribution in [0.3, 0.4) is 0 Å². The summed E-state index contributed by atoms with van der Waals surface area (Å²) in [5, 5.41) is 4.68. The van der Waals surface area contributed by atoms with Gasteiger partial charge in [0.05, 0.1) is 11.4 Å². The van der Waals surface area contributed by atoms with Gasteiger partial charge < -0.3 is 0 Å². The van der Waals surface area contributed by atoms with Crippen molar-refractivity contribution in [2.24, 2.45) is 5.41 Å². The molecule has 1 aliphatic rings. The van der Waals surface area contributed by atoms with Crippen molar-refractivity contribution in [3.8, 4) is 5.69 Å². The first-order valence-corrected chi connectivity index (χ1v) is 6.12. The number of aromatic nitrogens is 3. The summed E-state index contributed by atoms with van der Waals surface area (Å²) in [6.45, 7) is 4.67. The zero-order valence-electron chi connectivity index (χ0n) is 10.3. The summed E-state index contributed by atoms with van der Waals surface area (Å²) < 4.78 is 1.98. The third-order valence-electron chi connectivity index (χ3n) is 3.51. The van der Waals surface area contributed by atoms with Crippen molar-refractivity contribution < 1.29 is 0 Å². The second-order valence-electron chi connectivity index (χ2n) is 5.59. The SMILES string of the molecule is CC1(C)CCc2nn(-c3ccncc3)cc2C1. The van der Waals surface area contributed by atoms with Crippen LogP contribution in [0.4, 0.5) is 0 Å². The molecule has 0 atom stereocenters. The Balaban J connectivity index is 1.98. The maximum Gasteiger partial charge on any atom is 0.0676 e. The molecular formula is C14H17N3. The predicted octanol–water partition coefficient (Wildman–Crippen LogP) is 2.78. The Morgan fingerprint density at radius 2 is 2.00 bits per heavy atom. The summed E-state index contributed by atoms with van der Waals surface area (Å²) in [5.74, 6) is 0. The minimum atomic E-state index is 0.416. The van der Waals surface area contributed by atoms with Crippen LogP contribution in [0.5, 0.6) is 0 Å². The molecule has 2 heterocycles. The van der Waals surface area contributed by atoms with Crippen molar-refractivity contribution in [1.29, 1.82) is 0 Å². The van der Waals surface area contributed by atoms with Gasteiger partial charge in [-0.15, -0.1) is 0 Å². The highest BCUT2D eigenvalue weighted by Crippen LogP contribution is 2.34.